The molecule has 0 unspecified atom stereocenters. The van der Waals surface area contributed by atoms with E-state index in [1.54, 1.807) is 6.20 Å². The smallest absolute Gasteiger partial charge is 0.223 e. The van der Waals surface area contributed by atoms with Crippen LogP contribution in [0.15, 0.2) is 12.4 Å². The minimum Gasteiger partial charge on any atom is -0.355 e. The Bertz CT molecular complexity index is 479. The van der Waals surface area contributed by atoms with E-state index >= 15 is 0 Å². The summed E-state index contributed by atoms with van der Waals surface area (Å²) in [6.07, 6.45) is 8.94. The number of hydrogen-bond acceptors (Lipinski definition) is 4. The first-order valence-electron chi connectivity index (χ1n) is 7.56. The molecular formula is C15H22N4O. The van der Waals surface area contributed by atoms with Crippen LogP contribution in [0.3, 0.4) is 0 Å². The van der Waals surface area contributed by atoms with Gasteiger partial charge in [-0.3, -0.25) is 9.78 Å². The summed E-state index contributed by atoms with van der Waals surface area (Å²) in [4.78, 5) is 22.9. The third-order valence-corrected chi connectivity index (χ3v) is 4.38. The number of hydrogen-bond donors (Lipinski definition) is 1. The molecule has 1 saturated heterocycles. The van der Waals surface area contributed by atoms with Gasteiger partial charge in [-0.25, -0.2) is 4.98 Å². The Kier molecular flexibility index (Phi) is 3.85. The van der Waals surface area contributed by atoms with Gasteiger partial charge >= 0.3 is 0 Å². The number of aromatic nitrogens is 2. The fourth-order valence-electron chi connectivity index (χ4n) is 2.84. The number of nitrogens with zero attached hydrogens (tertiary/aromatic N) is 3. The van der Waals surface area contributed by atoms with E-state index in [2.05, 4.69) is 20.2 Å². The van der Waals surface area contributed by atoms with E-state index < -0.39 is 0 Å². The topological polar surface area (TPSA) is 58.1 Å². The molecule has 108 valence electrons. The second-order valence-electron chi connectivity index (χ2n) is 5.92. The van der Waals surface area contributed by atoms with Crippen LogP contribution in [0.4, 0.5) is 5.82 Å². The minimum atomic E-state index is 0.269. The average molecular weight is 274 g/mol. The lowest BCUT2D eigenvalue weighted by Crippen LogP contribution is -2.47. The standard InChI is InChI=1S/C15H22N4O/c1-11-9-16-10-14(17-11)19-7-5-13(6-8-19)18-15(20)12-3-2-4-12/h9-10,12-13H,2-8H2,1H3,(H,18,20). The van der Waals surface area contributed by atoms with Gasteiger partial charge < -0.3 is 10.2 Å². The number of aryl methyl sites for hydroxylation is 1. The van der Waals surface area contributed by atoms with Crippen molar-refractivity contribution >= 4 is 11.7 Å². The molecule has 1 saturated carbocycles. The Morgan fingerprint density at radius 2 is 2.00 bits per heavy atom. The summed E-state index contributed by atoms with van der Waals surface area (Å²) >= 11 is 0. The van der Waals surface area contributed by atoms with E-state index in [1.807, 2.05) is 13.1 Å². The number of rotatable bonds is 3. The number of nitrogens with one attached hydrogen (secondary N) is 1. The number of carbonyl (C=O) groups excluding carboxylic acids is 1. The molecule has 1 aromatic rings. The van der Waals surface area contributed by atoms with Gasteiger partial charge in [-0.15, -0.1) is 0 Å². The summed E-state index contributed by atoms with van der Waals surface area (Å²) in [5.74, 6) is 1.51. The van der Waals surface area contributed by atoms with Crippen molar-refractivity contribution < 1.29 is 4.79 Å². The van der Waals surface area contributed by atoms with Gasteiger partial charge in [-0.2, -0.15) is 0 Å². The van der Waals surface area contributed by atoms with Crippen LogP contribution in [0, 0.1) is 12.8 Å². The van der Waals surface area contributed by atoms with Gasteiger partial charge in [0.2, 0.25) is 5.91 Å². The molecule has 0 bridgehead atoms. The monoisotopic (exact) mass is 274 g/mol. The van der Waals surface area contributed by atoms with Gasteiger partial charge in [0.25, 0.3) is 0 Å². The normalized spacial score (nSPS) is 20.6. The molecule has 20 heavy (non-hydrogen) atoms. The fraction of sp³-hybridized carbons (Fsp3) is 0.667. The van der Waals surface area contributed by atoms with Crippen molar-refractivity contribution in [2.75, 3.05) is 18.0 Å². The fourth-order valence-corrected chi connectivity index (χ4v) is 2.84. The highest BCUT2D eigenvalue weighted by molar-refractivity contribution is 5.79. The summed E-state index contributed by atoms with van der Waals surface area (Å²) in [6, 6.07) is 0.331. The van der Waals surface area contributed by atoms with Crippen molar-refractivity contribution in [1.29, 1.82) is 0 Å². The summed E-state index contributed by atoms with van der Waals surface area (Å²) < 4.78 is 0. The van der Waals surface area contributed by atoms with Crippen LogP contribution in [0.5, 0.6) is 0 Å². The molecule has 0 radical (unpaired) electrons. The molecule has 0 aromatic carbocycles. The van der Waals surface area contributed by atoms with Gasteiger partial charge in [0, 0.05) is 31.2 Å². The Labute approximate surface area is 119 Å². The van der Waals surface area contributed by atoms with Crippen molar-refractivity contribution in [2.24, 2.45) is 5.92 Å². The molecule has 5 nitrogen and oxygen atoms in total. The summed E-state index contributed by atoms with van der Waals surface area (Å²) in [6.45, 7) is 3.84. The third-order valence-electron chi connectivity index (χ3n) is 4.38. The van der Waals surface area contributed by atoms with Crippen molar-refractivity contribution in [3.05, 3.63) is 18.1 Å². The van der Waals surface area contributed by atoms with Crippen LogP contribution in [0.1, 0.15) is 37.8 Å². The number of carbonyl (C=O) groups is 1. The number of amides is 1. The summed E-state index contributed by atoms with van der Waals surface area (Å²) in [5.41, 5.74) is 0.947. The lowest BCUT2D eigenvalue weighted by molar-refractivity contribution is -0.128. The van der Waals surface area contributed by atoms with Crippen LogP contribution in [-0.4, -0.2) is 35.0 Å². The van der Waals surface area contributed by atoms with Crippen molar-refractivity contribution in [3.63, 3.8) is 0 Å². The van der Waals surface area contributed by atoms with E-state index in [0.717, 1.165) is 50.3 Å². The van der Waals surface area contributed by atoms with Crippen molar-refractivity contribution in [3.8, 4) is 0 Å². The average Bonchev–Trinajstić information content (AvgIpc) is 2.37. The van der Waals surface area contributed by atoms with Crippen molar-refractivity contribution in [1.82, 2.24) is 15.3 Å². The third kappa shape index (κ3) is 2.92. The highest BCUT2D eigenvalue weighted by atomic mass is 16.2. The first-order chi connectivity index (χ1) is 9.72. The lowest BCUT2D eigenvalue weighted by atomic mass is 9.84. The number of anilines is 1. The predicted octanol–water partition coefficient (Wildman–Crippen LogP) is 1.67. The second-order valence-corrected chi connectivity index (χ2v) is 5.92. The maximum absolute atomic E-state index is 11.9. The molecule has 5 heteroatoms. The molecule has 3 rings (SSSR count). The Hall–Kier alpha value is -1.65. The molecule has 1 aliphatic heterocycles. The zero-order valence-electron chi connectivity index (χ0n) is 12.0. The van der Waals surface area contributed by atoms with Gasteiger partial charge in [0.1, 0.15) is 5.82 Å². The molecule has 1 aliphatic carbocycles. The highest BCUT2D eigenvalue weighted by Crippen LogP contribution is 2.27. The first kappa shape index (κ1) is 13.3. The Balaban J connectivity index is 1.50. The molecule has 2 aliphatic rings. The largest absolute Gasteiger partial charge is 0.355 e. The van der Waals surface area contributed by atoms with Gasteiger partial charge in [-0.1, -0.05) is 6.42 Å². The van der Waals surface area contributed by atoms with Gasteiger partial charge in [0.05, 0.1) is 11.9 Å². The molecule has 2 heterocycles. The van der Waals surface area contributed by atoms with E-state index in [0.29, 0.717) is 6.04 Å². The highest BCUT2D eigenvalue weighted by Gasteiger charge is 2.28. The Morgan fingerprint density at radius 1 is 1.25 bits per heavy atom. The van der Waals surface area contributed by atoms with Crippen LogP contribution in [0.25, 0.3) is 0 Å². The molecule has 1 amide bonds. The van der Waals surface area contributed by atoms with Gasteiger partial charge in [0.15, 0.2) is 0 Å². The molecule has 1 aromatic heterocycles. The van der Waals surface area contributed by atoms with E-state index in [9.17, 15) is 4.79 Å². The summed E-state index contributed by atoms with van der Waals surface area (Å²) in [7, 11) is 0. The second kappa shape index (κ2) is 5.77. The van der Waals surface area contributed by atoms with Crippen LogP contribution in [0.2, 0.25) is 0 Å². The lowest BCUT2D eigenvalue weighted by Gasteiger charge is -2.34. The minimum absolute atomic E-state index is 0.269. The number of piperidine rings is 1. The molecule has 0 atom stereocenters. The van der Waals surface area contributed by atoms with Crippen molar-refractivity contribution in [2.45, 2.75) is 45.1 Å². The maximum atomic E-state index is 11.9. The summed E-state index contributed by atoms with van der Waals surface area (Å²) in [5, 5.41) is 3.20. The van der Waals surface area contributed by atoms with Crippen LogP contribution < -0.4 is 10.2 Å². The predicted molar refractivity (Wildman–Crippen MR) is 77.5 cm³/mol. The zero-order chi connectivity index (χ0) is 13.9. The van der Waals surface area contributed by atoms with E-state index in [4.69, 9.17) is 0 Å². The molecule has 0 spiro atoms. The molecule has 1 N–H and O–H groups in total. The van der Waals surface area contributed by atoms with E-state index in [-0.39, 0.29) is 11.8 Å². The van der Waals surface area contributed by atoms with E-state index in [1.165, 1.54) is 6.42 Å². The first-order valence-corrected chi connectivity index (χ1v) is 7.56. The molecular weight excluding hydrogens is 252 g/mol. The van der Waals surface area contributed by atoms with Gasteiger partial charge in [-0.05, 0) is 32.6 Å². The SMILES string of the molecule is Cc1cncc(N2CCC(NC(=O)C3CCC3)CC2)n1. The maximum Gasteiger partial charge on any atom is 0.223 e. The molecule has 2 fully saturated rings. The van der Waals surface area contributed by atoms with Crippen LogP contribution >= 0.6 is 0 Å². The van der Waals surface area contributed by atoms with Crippen LogP contribution in [-0.2, 0) is 4.79 Å². The zero-order valence-corrected chi connectivity index (χ0v) is 12.0. The quantitative estimate of drug-likeness (QED) is 0.911. The Morgan fingerprint density at radius 3 is 2.60 bits per heavy atom.